The monoisotopic (exact) mass is 452 g/mol. The molecule has 1 aromatic heterocycles. The summed E-state index contributed by atoms with van der Waals surface area (Å²) < 4.78 is 23.4. The van der Waals surface area contributed by atoms with Crippen LogP contribution in [-0.4, -0.2) is 19.7 Å². The smallest absolute Gasteiger partial charge is 0.175 e. The van der Waals surface area contributed by atoms with E-state index in [0.29, 0.717) is 17.1 Å². The molecule has 0 spiro atoms. The molecule has 0 atom stereocenters. The fourth-order valence-corrected chi connectivity index (χ4v) is 4.42. The third-order valence-corrected chi connectivity index (χ3v) is 6.74. The third kappa shape index (κ3) is 4.87. The van der Waals surface area contributed by atoms with Crippen LogP contribution >= 0.6 is 0 Å². The summed E-state index contributed by atoms with van der Waals surface area (Å²) >= 11 is 0. The van der Waals surface area contributed by atoms with Gasteiger partial charge in [0.15, 0.2) is 9.84 Å². The van der Waals surface area contributed by atoms with Crippen LogP contribution in [0.3, 0.4) is 0 Å². The highest BCUT2D eigenvalue weighted by Gasteiger charge is 2.11. The van der Waals surface area contributed by atoms with Crippen molar-refractivity contribution >= 4 is 32.4 Å². The van der Waals surface area contributed by atoms with E-state index in [1.54, 1.807) is 18.3 Å². The van der Waals surface area contributed by atoms with Crippen LogP contribution in [0.1, 0.15) is 36.5 Å². The lowest BCUT2D eigenvalue weighted by molar-refractivity contribution is 0.602. The number of rotatable bonds is 5. The molecule has 4 nitrogen and oxygen atoms in total. The van der Waals surface area contributed by atoms with Crippen LogP contribution in [0.15, 0.2) is 83.9 Å². The van der Waals surface area contributed by atoms with E-state index >= 15 is 0 Å². The van der Waals surface area contributed by atoms with E-state index in [9.17, 15) is 13.7 Å². The summed E-state index contributed by atoms with van der Waals surface area (Å²) in [5.41, 5.74) is 6.29. The van der Waals surface area contributed by atoms with Gasteiger partial charge in [0.1, 0.15) is 0 Å². The Morgan fingerprint density at radius 1 is 1.00 bits per heavy atom. The molecule has 0 unspecified atom stereocenters. The Kier molecular flexibility index (Phi) is 6.13. The lowest BCUT2D eigenvalue weighted by Gasteiger charge is -2.13. The highest BCUT2D eigenvalue weighted by molar-refractivity contribution is 7.90. The lowest BCUT2D eigenvalue weighted by atomic mass is 9.93. The van der Waals surface area contributed by atoms with Gasteiger partial charge >= 0.3 is 0 Å². The maximum atomic E-state index is 11.7. The van der Waals surface area contributed by atoms with Crippen LogP contribution in [-0.2, 0) is 9.84 Å². The number of pyridine rings is 1. The molecule has 0 radical (unpaired) electrons. The number of benzene rings is 3. The molecule has 0 amide bonds. The summed E-state index contributed by atoms with van der Waals surface area (Å²) in [6.45, 7) is 4.35. The first kappa shape index (κ1) is 22.4. The quantitative estimate of drug-likeness (QED) is 0.256. The molecule has 1 heterocycles. The molecule has 0 fully saturated rings. The van der Waals surface area contributed by atoms with Crippen molar-refractivity contribution in [1.82, 2.24) is 4.98 Å². The van der Waals surface area contributed by atoms with Gasteiger partial charge in [-0.15, -0.1) is 0 Å². The molecule has 0 aliphatic carbocycles. The average Bonchev–Trinajstić information content (AvgIpc) is 2.81. The van der Waals surface area contributed by atoms with Crippen LogP contribution in [0.2, 0.25) is 0 Å². The van der Waals surface area contributed by atoms with Crippen molar-refractivity contribution < 1.29 is 8.42 Å². The van der Waals surface area contributed by atoms with Crippen molar-refractivity contribution in [1.29, 1.82) is 5.26 Å². The number of hydrogen-bond donors (Lipinski definition) is 0. The lowest BCUT2D eigenvalue weighted by Crippen LogP contribution is -1.96. The van der Waals surface area contributed by atoms with E-state index in [1.807, 2.05) is 24.3 Å². The zero-order valence-electron chi connectivity index (χ0n) is 18.8. The largest absolute Gasteiger partial charge is 0.256 e. The van der Waals surface area contributed by atoms with Gasteiger partial charge in [-0.05, 0) is 70.6 Å². The second-order valence-electron chi connectivity index (χ2n) is 8.39. The number of nitriles is 1. The van der Waals surface area contributed by atoms with Crippen LogP contribution in [0.4, 0.5) is 0 Å². The molecular formula is C28H24N2O2S. The summed E-state index contributed by atoms with van der Waals surface area (Å²) in [6.07, 6.45) is 4.79. The van der Waals surface area contributed by atoms with Gasteiger partial charge in [-0.2, -0.15) is 5.26 Å². The van der Waals surface area contributed by atoms with Crippen LogP contribution < -0.4 is 0 Å². The second kappa shape index (κ2) is 9.01. The number of allylic oxidation sites excluding steroid dienone is 1. The van der Waals surface area contributed by atoms with Gasteiger partial charge in [0.05, 0.1) is 22.1 Å². The van der Waals surface area contributed by atoms with Gasteiger partial charge in [-0.1, -0.05) is 50.2 Å². The zero-order chi connectivity index (χ0) is 23.6. The summed E-state index contributed by atoms with van der Waals surface area (Å²) in [4.78, 5) is 4.85. The summed E-state index contributed by atoms with van der Waals surface area (Å²) in [5, 5.41) is 10.8. The Bertz CT molecular complexity index is 1510. The molecule has 33 heavy (non-hydrogen) atoms. The summed E-state index contributed by atoms with van der Waals surface area (Å²) in [7, 11) is -3.28. The van der Waals surface area contributed by atoms with Gasteiger partial charge in [-0.3, -0.25) is 4.98 Å². The number of fused-ring (bicyclic) bond motifs is 1. The van der Waals surface area contributed by atoms with Gasteiger partial charge in [0, 0.05) is 23.4 Å². The second-order valence-corrected chi connectivity index (χ2v) is 10.4. The third-order valence-electron chi connectivity index (χ3n) is 5.62. The SMILES string of the molecule is CC(C)c1cc(-c2cccc(/C=C(\C#N)c3ccc(S(C)(=O)=O)cc3)c2)c2ncccc2c1. The molecule has 3 aromatic carbocycles. The summed E-state index contributed by atoms with van der Waals surface area (Å²) in [6, 6.07) is 25.1. The fraction of sp³-hybridized carbons (Fsp3) is 0.143. The standard InChI is InChI=1S/C28H24N2O2S/c1-19(2)24-16-23-8-5-13-30-28(23)27(17-24)22-7-4-6-20(14-22)15-25(18-29)21-9-11-26(12-10-21)33(3,31)32/h4-17,19H,1-3H3/b25-15+. The number of hydrogen-bond acceptors (Lipinski definition) is 4. The minimum atomic E-state index is -3.28. The number of sulfone groups is 1. The van der Waals surface area contributed by atoms with Crippen molar-refractivity contribution in [3.8, 4) is 17.2 Å². The van der Waals surface area contributed by atoms with Gasteiger partial charge in [-0.25, -0.2) is 8.42 Å². The molecule has 4 rings (SSSR count). The van der Waals surface area contributed by atoms with E-state index in [1.165, 1.54) is 24.0 Å². The maximum Gasteiger partial charge on any atom is 0.175 e. The van der Waals surface area contributed by atoms with Crippen LogP contribution in [0.5, 0.6) is 0 Å². The first-order valence-corrected chi connectivity index (χ1v) is 12.6. The van der Waals surface area contributed by atoms with Crippen molar-refractivity contribution in [2.45, 2.75) is 24.7 Å². The van der Waals surface area contributed by atoms with E-state index in [4.69, 9.17) is 0 Å². The molecule has 0 aliphatic rings. The molecule has 5 heteroatoms. The predicted molar refractivity (Wildman–Crippen MR) is 134 cm³/mol. The van der Waals surface area contributed by atoms with Crippen molar-refractivity contribution in [2.24, 2.45) is 0 Å². The Balaban J connectivity index is 1.79. The Morgan fingerprint density at radius 2 is 1.76 bits per heavy atom. The van der Waals surface area contributed by atoms with Crippen LogP contribution in [0, 0.1) is 11.3 Å². The molecular weight excluding hydrogens is 428 g/mol. The minimum Gasteiger partial charge on any atom is -0.256 e. The Hall–Kier alpha value is -3.75. The molecule has 0 bridgehead atoms. The van der Waals surface area contributed by atoms with Crippen molar-refractivity contribution in [3.05, 3.63) is 95.7 Å². The fourth-order valence-electron chi connectivity index (χ4n) is 3.79. The first-order chi connectivity index (χ1) is 15.8. The normalized spacial score (nSPS) is 12.2. The first-order valence-electron chi connectivity index (χ1n) is 10.7. The minimum absolute atomic E-state index is 0.231. The van der Waals surface area contributed by atoms with E-state index in [-0.39, 0.29) is 4.90 Å². The van der Waals surface area contributed by atoms with Crippen molar-refractivity contribution in [2.75, 3.05) is 6.26 Å². The van der Waals surface area contributed by atoms with Crippen molar-refractivity contribution in [3.63, 3.8) is 0 Å². The van der Waals surface area contributed by atoms with E-state index < -0.39 is 9.84 Å². The predicted octanol–water partition coefficient (Wildman–Crippen LogP) is 6.49. The number of aromatic nitrogens is 1. The zero-order valence-corrected chi connectivity index (χ0v) is 19.6. The topological polar surface area (TPSA) is 70.8 Å². The van der Waals surface area contributed by atoms with E-state index in [2.05, 4.69) is 55.2 Å². The molecule has 0 aliphatic heterocycles. The highest BCUT2D eigenvalue weighted by Crippen LogP contribution is 2.32. The Labute approximate surface area is 194 Å². The van der Waals surface area contributed by atoms with Crippen LogP contribution in [0.25, 0.3) is 33.7 Å². The number of nitrogens with zero attached hydrogens (tertiary/aromatic N) is 2. The van der Waals surface area contributed by atoms with E-state index in [0.717, 1.165) is 27.6 Å². The van der Waals surface area contributed by atoms with Gasteiger partial charge in [0.2, 0.25) is 0 Å². The molecule has 0 N–H and O–H groups in total. The van der Waals surface area contributed by atoms with Gasteiger partial charge in [0.25, 0.3) is 0 Å². The average molecular weight is 453 g/mol. The molecule has 4 aromatic rings. The molecule has 0 saturated carbocycles. The maximum absolute atomic E-state index is 11.7. The molecule has 164 valence electrons. The summed E-state index contributed by atoms with van der Waals surface area (Å²) in [5.74, 6) is 0.386. The molecule has 0 saturated heterocycles. The van der Waals surface area contributed by atoms with Gasteiger partial charge < -0.3 is 0 Å². The Morgan fingerprint density at radius 3 is 2.42 bits per heavy atom. The highest BCUT2D eigenvalue weighted by atomic mass is 32.2.